The van der Waals surface area contributed by atoms with Crippen molar-refractivity contribution in [2.24, 2.45) is 5.92 Å². The van der Waals surface area contributed by atoms with Crippen LogP contribution in [-0.2, 0) is 23.2 Å². The molecule has 1 N–H and O–H groups in total. The average Bonchev–Trinajstić information content (AvgIpc) is 3.58. The van der Waals surface area contributed by atoms with E-state index in [1.54, 1.807) is 18.0 Å². The highest BCUT2D eigenvalue weighted by Gasteiger charge is 2.63. The number of amides is 1. The third-order valence-corrected chi connectivity index (χ3v) is 9.07. The van der Waals surface area contributed by atoms with E-state index in [4.69, 9.17) is 4.74 Å². The number of piperidine rings is 1. The average molecular weight is 465 g/mol. The van der Waals surface area contributed by atoms with Crippen molar-refractivity contribution in [3.8, 4) is 5.75 Å². The molecule has 2 aliphatic carbocycles. The van der Waals surface area contributed by atoms with Gasteiger partial charge in [-0.2, -0.15) is 5.10 Å². The maximum atomic E-state index is 13.2. The lowest BCUT2D eigenvalue weighted by Crippen LogP contribution is -2.71. The molecule has 1 aromatic carbocycles. The summed E-state index contributed by atoms with van der Waals surface area (Å²) < 4.78 is 7.32. The first-order valence-electron chi connectivity index (χ1n) is 12.8. The van der Waals surface area contributed by atoms with E-state index in [-0.39, 0.29) is 23.9 Å². The summed E-state index contributed by atoms with van der Waals surface area (Å²) in [6.07, 6.45) is 9.51. The fourth-order valence-electron chi connectivity index (χ4n) is 7.02. The number of nitrogens with zero attached hydrogens (tertiary/aromatic N) is 4. The van der Waals surface area contributed by atoms with Gasteiger partial charge in [-0.05, 0) is 86.7 Å². The zero-order valence-corrected chi connectivity index (χ0v) is 20.4. The fourth-order valence-corrected chi connectivity index (χ4v) is 7.02. The number of carbonyl (C=O) groups is 1. The van der Waals surface area contributed by atoms with E-state index in [0.29, 0.717) is 19.5 Å². The van der Waals surface area contributed by atoms with Gasteiger partial charge in [-0.3, -0.25) is 14.4 Å². The highest BCUT2D eigenvalue weighted by atomic mass is 16.5. The Labute approximate surface area is 201 Å². The molecule has 2 aliphatic heterocycles. The third-order valence-electron chi connectivity index (χ3n) is 9.07. The molecule has 1 amide bonds. The van der Waals surface area contributed by atoms with E-state index in [1.165, 1.54) is 24.0 Å². The monoisotopic (exact) mass is 464 g/mol. The van der Waals surface area contributed by atoms with Gasteiger partial charge in [0.15, 0.2) is 0 Å². The SMILES string of the molecule is COc1ccc2c(c1)C13CCN(C(=O)Cn4cc(C)cn4)CCC1(O)C(C2)N(CC1CC1)CC3. The van der Waals surface area contributed by atoms with E-state index in [9.17, 15) is 9.90 Å². The summed E-state index contributed by atoms with van der Waals surface area (Å²) in [5.41, 5.74) is 2.43. The van der Waals surface area contributed by atoms with Crippen LogP contribution in [0.1, 0.15) is 48.8 Å². The van der Waals surface area contributed by atoms with Gasteiger partial charge in [0, 0.05) is 37.3 Å². The molecule has 6 rings (SSSR count). The summed E-state index contributed by atoms with van der Waals surface area (Å²) in [4.78, 5) is 17.8. The lowest BCUT2D eigenvalue weighted by Gasteiger charge is -2.61. The standard InChI is InChI=1S/C27H36N4O3/c1-19-15-28-31(16-19)18-25(32)29-10-7-26-8-11-30(17-20-3-4-20)24(27(26,33)9-12-29)13-21-5-6-22(34-2)14-23(21)26/h5-6,14-16,20,24,33H,3-4,7-13,17-18H2,1-2H3. The Hall–Kier alpha value is -2.38. The van der Waals surface area contributed by atoms with Gasteiger partial charge in [0.05, 0.1) is 18.9 Å². The zero-order valence-electron chi connectivity index (χ0n) is 20.4. The first kappa shape index (κ1) is 22.1. The number of aliphatic hydroxyl groups is 1. The van der Waals surface area contributed by atoms with Crippen molar-refractivity contribution in [2.45, 2.75) is 69.1 Å². The van der Waals surface area contributed by atoms with Crippen LogP contribution in [0.2, 0.25) is 0 Å². The largest absolute Gasteiger partial charge is 0.497 e. The van der Waals surface area contributed by atoms with Gasteiger partial charge in [-0.1, -0.05) is 6.07 Å². The Bertz CT molecular complexity index is 1100. The number of hydrogen-bond acceptors (Lipinski definition) is 5. The van der Waals surface area contributed by atoms with Crippen molar-refractivity contribution in [3.63, 3.8) is 0 Å². The van der Waals surface area contributed by atoms with Crippen molar-refractivity contribution in [1.82, 2.24) is 19.6 Å². The first-order chi connectivity index (χ1) is 16.4. The number of hydrogen-bond donors (Lipinski definition) is 1. The molecule has 2 bridgehead atoms. The molecule has 182 valence electrons. The Morgan fingerprint density at radius 2 is 2.00 bits per heavy atom. The normalized spacial score (nSPS) is 30.9. The molecule has 0 radical (unpaired) electrons. The highest BCUT2D eigenvalue weighted by Crippen LogP contribution is 2.56. The van der Waals surface area contributed by atoms with Gasteiger partial charge in [-0.15, -0.1) is 0 Å². The number of aryl methyl sites for hydroxylation is 1. The summed E-state index contributed by atoms with van der Waals surface area (Å²) in [5.74, 6) is 1.72. The van der Waals surface area contributed by atoms with Crippen LogP contribution in [0.3, 0.4) is 0 Å². The van der Waals surface area contributed by atoms with E-state index in [2.05, 4.69) is 28.2 Å². The van der Waals surface area contributed by atoms with Gasteiger partial charge in [0.1, 0.15) is 12.3 Å². The van der Waals surface area contributed by atoms with Crippen molar-refractivity contribution < 1.29 is 14.6 Å². The molecule has 7 heteroatoms. The molecule has 3 atom stereocenters. The Kier molecular flexibility index (Phi) is 5.26. The number of methoxy groups -OCH3 is 1. The molecule has 3 unspecified atom stereocenters. The molecule has 3 heterocycles. The predicted molar refractivity (Wildman–Crippen MR) is 129 cm³/mol. The predicted octanol–water partition coefficient (Wildman–Crippen LogP) is 2.53. The maximum Gasteiger partial charge on any atom is 0.244 e. The fraction of sp³-hybridized carbons (Fsp3) is 0.630. The molecule has 2 saturated heterocycles. The number of carbonyl (C=O) groups excluding carboxylic acids is 1. The minimum absolute atomic E-state index is 0.0806. The molecule has 3 fully saturated rings. The van der Waals surface area contributed by atoms with Gasteiger partial charge in [0.2, 0.25) is 5.91 Å². The lowest BCUT2D eigenvalue weighted by molar-refractivity contribution is -0.149. The summed E-state index contributed by atoms with van der Waals surface area (Å²) >= 11 is 0. The van der Waals surface area contributed by atoms with E-state index in [0.717, 1.165) is 49.6 Å². The van der Waals surface area contributed by atoms with Crippen LogP contribution in [0.4, 0.5) is 0 Å². The Morgan fingerprint density at radius 3 is 2.74 bits per heavy atom. The van der Waals surface area contributed by atoms with Crippen molar-refractivity contribution in [1.29, 1.82) is 0 Å². The summed E-state index contributed by atoms with van der Waals surface area (Å²) in [6, 6.07) is 6.53. The Morgan fingerprint density at radius 1 is 1.21 bits per heavy atom. The van der Waals surface area contributed by atoms with Crippen molar-refractivity contribution in [2.75, 3.05) is 33.3 Å². The Balaban J connectivity index is 1.34. The molecular weight excluding hydrogens is 428 g/mol. The number of aromatic nitrogens is 2. The summed E-state index contributed by atoms with van der Waals surface area (Å²) in [5, 5.41) is 16.9. The van der Waals surface area contributed by atoms with Gasteiger partial charge >= 0.3 is 0 Å². The van der Waals surface area contributed by atoms with Crippen molar-refractivity contribution >= 4 is 5.91 Å². The number of fused-ring (bicyclic) bond motifs is 1. The van der Waals surface area contributed by atoms with Crippen LogP contribution in [0, 0.1) is 12.8 Å². The van der Waals surface area contributed by atoms with Gasteiger partial charge in [0.25, 0.3) is 0 Å². The third kappa shape index (κ3) is 3.47. The molecule has 1 saturated carbocycles. The van der Waals surface area contributed by atoms with E-state index >= 15 is 0 Å². The van der Waals surface area contributed by atoms with Gasteiger partial charge in [-0.25, -0.2) is 0 Å². The van der Waals surface area contributed by atoms with Crippen LogP contribution >= 0.6 is 0 Å². The van der Waals surface area contributed by atoms with Crippen LogP contribution < -0.4 is 4.74 Å². The molecule has 7 nitrogen and oxygen atoms in total. The summed E-state index contributed by atoms with van der Waals surface area (Å²) in [6.45, 7) is 5.59. The van der Waals surface area contributed by atoms with Crippen molar-refractivity contribution in [3.05, 3.63) is 47.3 Å². The molecule has 34 heavy (non-hydrogen) atoms. The highest BCUT2D eigenvalue weighted by molar-refractivity contribution is 5.76. The second-order valence-electron chi connectivity index (χ2n) is 11.0. The second-order valence-corrected chi connectivity index (χ2v) is 11.0. The topological polar surface area (TPSA) is 70.8 Å². The minimum atomic E-state index is -0.850. The molecule has 1 aromatic heterocycles. The van der Waals surface area contributed by atoms with E-state index < -0.39 is 5.60 Å². The van der Waals surface area contributed by atoms with Crippen LogP contribution in [0.15, 0.2) is 30.6 Å². The molecule has 0 spiro atoms. The quantitative estimate of drug-likeness (QED) is 0.736. The van der Waals surface area contributed by atoms with E-state index in [1.807, 2.05) is 18.0 Å². The first-order valence-corrected chi connectivity index (χ1v) is 12.8. The van der Waals surface area contributed by atoms with Crippen LogP contribution in [0.25, 0.3) is 0 Å². The minimum Gasteiger partial charge on any atom is -0.497 e. The number of benzene rings is 1. The number of rotatable bonds is 5. The van der Waals surface area contributed by atoms with Gasteiger partial charge < -0.3 is 14.7 Å². The number of ether oxygens (including phenoxy) is 1. The molecule has 2 aromatic rings. The zero-order chi connectivity index (χ0) is 23.5. The maximum absolute atomic E-state index is 13.2. The molecular formula is C27H36N4O3. The second kappa shape index (κ2) is 8.09. The molecule has 4 aliphatic rings. The lowest BCUT2D eigenvalue weighted by atomic mass is 9.52. The smallest absolute Gasteiger partial charge is 0.244 e. The summed E-state index contributed by atoms with van der Waals surface area (Å²) in [7, 11) is 1.71. The van der Waals surface area contributed by atoms with Crippen LogP contribution in [-0.4, -0.2) is 75.5 Å². The number of likely N-dealkylation sites (tertiary alicyclic amines) is 2. The van der Waals surface area contributed by atoms with Crippen LogP contribution in [0.5, 0.6) is 5.75 Å².